The van der Waals surface area contributed by atoms with E-state index in [-0.39, 0.29) is 10.8 Å². The summed E-state index contributed by atoms with van der Waals surface area (Å²) in [6, 6.07) is 13.6. The number of anilines is 1. The molecule has 6 nitrogen and oxygen atoms in total. The Balaban J connectivity index is 1.33. The molecule has 1 amide bonds. The maximum atomic E-state index is 12.6. The van der Waals surface area contributed by atoms with E-state index in [0.717, 1.165) is 15.6 Å². The number of piperazine rings is 1. The van der Waals surface area contributed by atoms with Gasteiger partial charge in [-0.05, 0) is 31.2 Å². The molecule has 0 unspecified atom stereocenters. The zero-order valence-corrected chi connectivity index (χ0v) is 20.0. The van der Waals surface area contributed by atoms with Crippen molar-refractivity contribution in [3.8, 4) is 0 Å². The summed E-state index contributed by atoms with van der Waals surface area (Å²) in [6.45, 7) is 4.78. The molecule has 9 heteroatoms. The van der Waals surface area contributed by atoms with Gasteiger partial charge >= 0.3 is 0 Å². The smallest absolute Gasteiger partial charge is 0.223 e. The number of hydrogen-bond acceptors (Lipinski definition) is 7. The number of fused-ring (bicyclic) bond motifs is 1. The van der Waals surface area contributed by atoms with E-state index in [0.29, 0.717) is 38.1 Å². The number of thiazole rings is 1. The van der Waals surface area contributed by atoms with Crippen molar-refractivity contribution < 1.29 is 13.2 Å². The van der Waals surface area contributed by atoms with E-state index in [1.165, 1.54) is 28.1 Å². The second-order valence-corrected chi connectivity index (χ2v) is 11.8. The molecule has 1 fully saturated rings. The van der Waals surface area contributed by atoms with Crippen LogP contribution in [0.3, 0.4) is 0 Å². The van der Waals surface area contributed by atoms with Crippen molar-refractivity contribution in [2.45, 2.75) is 23.1 Å². The van der Waals surface area contributed by atoms with Crippen LogP contribution in [0.5, 0.6) is 0 Å². The minimum atomic E-state index is -3.33. The highest BCUT2D eigenvalue weighted by Gasteiger charge is 2.24. The number of nitrogens with zero attached hydrogens (tertiary/aromatic N) is 3. The van der Waals surface area contributed by atoms with Gasteiger partial charge in [-0.1, -0.05) is 35.1 Å². The minimum Gasteiger partial charge on any atom is -0.345 e. The SMILES string of the molecule is Cc1ccc(SCCC(=O)N2CCN(c3nc4c(S(C)(=O)=O)cccc4s3)CC2)cc1. The topological polar surface area (TPSA) is 70.6 Å². The first-order chi connectivity index (χ1) is 14.8. The normalized spacial score (nSPS) is 14.9. The van der Waals surface area contributed by atoms with Gasteiger partial charge < -0.3 is 9.80 Å². The molecule has 164 valence electrons. The van der Waals surface area contributed by atoms with E-state index in [4.69, 9.17) is 0 Å². The number of sulfone groups is 1. The number of para-hydroxylation sites is 1. The van der Waals surface area contributed by atoms with Crippen LogP contribution in [0.1, 0.15) is 12.0 Å². The van der Waals surface area contributed by atoms with Gasteiger partial charge in [0.15, 0.2) is 15.0 Å². The average Bonchev–Trinajstić information content (AvgIpc) is 3.19. The van der Waals surface area contributed by atoms with Crippen molar-refractivity contribution in [1.29, 1.82) is 0 Å². The molecule has 0 spiro atoms. The molecule has 0 saturated carbocycles. The van der Waals surface area contributed by atoms with Gasteiger partial charge in [0.05, 0.1) is 9.60 Å². The van der Waals surface area contributed by atoms with E-state index < -0.39 is 9.84 Å². The number of hydrogen-bond donors (Lipinski definition) is 0. The maximum absolute atomic E-state index is 12.6. The van der Waals surface area contributed by atoms with Crippen LogP contribution < -0.4 is 4.90 Å². The van der Waals surface area contributed by atoms with E-state index in [1.807, 2.05) is 11.0 Å². The lowest BCUT2D eigenvalue weighted by atomic mass is 10.2. The average molecular weight is 476 g/mol. The molecule has 2 aromatic carbocycles. The first-order valence-electron chi connectivity index (χ1n) is 10.1. The molecule has 0 bridgehead atoms. The molecule has 2 heterocycles. The molecule has 1 aliphatic rings. The van der Waals surface area contributed by atoms with Gasteiger partial charge in [0.1, 0.15) is 5.52 Å². The molecule has 3 aromatic rings. The summed E-state index contributed by atoms with van der Waals surface area (Å²) in [6.07, 6.45) is 1.74. The maximum Gasteiger partial charge on any atom is 0.223 e. The van der Waals surface area contributed by atoms with Gasteiger partial charge in [-0.2, -0.15) is 0 Å². The number of carbonyl (C=O) groups excluding carboxylic acids is 1. The van der Waals surface area contributed by atoms with Crippen LogP contribution in [0.2, 0.25) is 0 Å². The quantitative estimate of drug-likeness (QED) is 0.505. The fraction of sp³-hybridized carbons (Fsp3) is 0.364. The van der Waals surface area contributed by atoms with Crippen LogP contribution in [0.4, 0.5) is 5.13 Å². The van der Waals surface area contributed by atoms with Crippen LogP contribution in [-0.2, 0) is 14.6 Å². The predicted molar refractivity (Wildman–Crippen MR) is 128 cm³/mol. The van der Waals surface area contributed by atoms with Gasteiger partial charge in [0, 0.05) is 49.5 Å². The summed E-state index contributed by atoms with van der Waals surface area (Å²) in [7, 11) is -3.33. The third kappa shape index (κ3) is 5.22. The number of aryl methyl sites for hydroxylation is 1. The number of benzene rings is 2. The number of aromatic nitrogens is 1. The van der Waals surface area contributed by atoms with Gasteiger partial charge in [-0.3, -0.25) is 4.79 Å². The third-order valence-corrected chi connectivity index (χ3v) is 8.50. The highest BCUT2D eigenvalue weighted by atomic mass is 32.2. The van der Waals surface area contributed by atoms with Crippen LogP contribution in [-0.4, -0.2) is 62.4 Å². The number of rotatable bonds is 6. The zero-order valence-electron chi connectivity index (χ0n) is 17.6. The molecule has 0 N–H and O–H groups in total. The standard InChI is InChI=1S/C22H25N3O3S3/c1-16-6-8-17(9-7-16)29-15-10-20(26)24-11-13-25(14-12-24)22-23-21-18(30-22)4-3-5-19(21)31(2,27)28/h3-9H,10-15H2,1-2H3. The molecular formula is C22H25N3O3S3. The van der Waals surface area contributed by atoms with Crippen LogP contribution in [0.15, 0.2) is 52.3 Å². The first-order valence-corrected chi connectivity index (χ1v) is 13.8. The van der Waals surface area contributed by atoms with Crippen molar-refractivity contribution in [2.24, 2.45) is 0 Å². The minimum absolute atomic E-state index is 0.183. The van der Waals surface area contributed by atoms with Gasteiger partial charge in [-0.15, -0.1) is 11.8 Å². The Labute approximate surface area is 191 Å². The molecular weight excluding hydrogens is 450 g/mol. The van der Waals surface area contributed by atoms with Gasteiger partial charge in [-0.25, -0.2) is 13.4 Å². The van der Waals surface area contributed by atoms with Crippen molar-refractivity contribution in [3.05, 3.63) is 48.0 Å². The summed E-state index contributed by atoms with van der Waals surface area (Å²) < 4.78 is 25.0. The summed E-state index contributed by atoms with van der Waals surface area (Å²) in [5.74, 6) is 0.955. The van der Waals surface area contributed by atoms with Crippen LogP contribution >= 0.6 is 23.1 Å². The number of carbonyl (C=O) groups is 1. The molecule has 0 atom stereocenters. The lowest BCUT2D eigenvalue weighted by Crippen LogP contribution is -2.48. The second-order valence-electron chi connectivity index (χ2n) is 7.65. The Kier molecular flexibility index (Phi) is 6.55. The lowest BCUT2D eigenvalue weighted by molar-refractivity contribution is -0.131. The van der Waals surface area contributed by atoms with Crippen LogP contribution in [0, 0.1) is 6.92 Å². The zero-order chi connectivity index (χ0) is 22.0. The molecule has 4 rings (SSSR count). The van der Waals surface area contributed by atoms with Gasteiger partial charge in [0.25, 0.3) is 0 Å². The van der Waals surface area contributed by atoms with E-state index in [9.17, 15) is 13.2 Å². The Morgan fingerprint density at radius 2 is 1.81 bits per heavy atom. The predicted octanol–water partition coefficient (Wildman–Crippen LogP) is 3.84. The van der Waals surface area contributed by atoms with Crippen molar-refractivity contribution in [3.63, 3.8) is 0 Å². The van der Waals surface area contributed by atoms with E-state index in [1.54, 1.807) is 23.9 Å². The van der Waals surface area contributed by atoms with Crippen molar-refractivity contribution in [2.75, 3.05) is 43.1 Å². The lowest BCUT2D eigenvalue weighted by Gasteiger charge is -2.34. The van der Waals surface area contributed by atoms with Gasteiger partial charge in [0.2, 0.25) is 5.91 Å². The van der Waals surface area contributed by atoms with Crippen molar-refractivity contribution in [1.82, 2.24) is 9.88 Å². The molecule has 0 aliphatic carbocycles. The summed E-state index contributed by atoms with van der Waals surface area (Å²) in [5.41, 5.74) is 1.77. The fourth-order valence-corrected chi connectivity index (χ4v) is 6.32. The Morgan fingerprint density at radius 3 is 2.48 bits per heavy atom. The number of thioether (sulfide) groups is 1. The largest absolute Gasteiger partial charge is 0.345 e. The first kappa shape index (κ1) is 22.1. The molecule has 31 heavy (non-hydrogen) atoms. The summed E-state index contributed by atoms with van der Waals surface area (Å²) in [5, 5.41) is 0.813. The summed E-state index contributed by atoms with van der Waals surface area (Å²) in [4.78, 5) is 22.7. The molecule has 1 aromatic heterocycles. The van der Waals surface area contributed by atoms with E-state index >= 15 is 0 Å². The molecule has 0 radical (unpaired) electrons. The Bertz CT molecular complexity index is 1180. The number of amides is 1. The third-order valence-electron chi connectivity index (χ3n) is 5.28. The van der Waals surface area contributed by atoms with E-state index in [2.05, 4.69) is 41.1 Å². The van der Waals surface area contributed by atoms with Crippen LogP contribution in [0.25, 0.3) is 10.2 Å². The Hall–Kier alpha value is -2.10. The Morgan fingerprint density at radius 1 is 1.10 bits per heavy atom. The monoisotopic (exact) mass is 475 g/mol. The molecule has 1 aliphatic heterocycles. The second kappa shape index (κ2) is 9.18. The molecule has 1 saturated heterocycles. The highest BCUT2D eigenvalue weighted by Crippen LogP contribution is 2.33. The summed E-state index contributed by atoms with van der Waals surface area (Å²) >= 11 is 3.21. The fourth-order valence-electron chi connectivity index (χ4n) is 3.54. The van der Waals surface area contributed by atoms with Crippen molar-refractivity contribution >= 4 is 54.2 Å². The highest BCUT2D eigenvalue weighted by molar-refractivity contribution is 7.99.